The molecule has 2 N–H and O–H groups in total. The van der Waals surface area contributed by atoms with Gasteiger partial charge in [0.05, 0.1) is 5.02 Å². The van der Waals surface area contributed by atoms with Crippen LogP contribution in [-0.2, 0) is 0 Å². The number of benzene rings is 1. The van der Waals surface area contributed by atoms with Crippen molar-refractivity contribution in [3.8, 4) is 5.75 Å². The summed E-state index contributed by atoms with van der Waals surface area (Å²) >= 11 is 6.08. The van der Waals surface area contributed by atoms with Gasteiger partial charge in [0, 0.05) is 32.2 Å². The monoisotopic (exact) mass is 368 g/mol. The predicted octanol–water partition coefficient (Wildman–Crippen LogP) is 4.42. The van der Waals surface area contributed by atoms with Crippen molar-refractivity contribution < 1.29 is 5.11 Å². The Morgan fingerprint density at radius 3 is 2.50 bits per heavy atom. The Labute approximate surface area is 151 Å². The fourth-order valence-corrected chi connectivity index (χ4v) is 3.06. The van der Waals surface area contributed by atoms with Crippen LogP contribution in [-0.4, -0.2) is 36.2 Å². The Bertz CT molecular complexity index is 426. The summed E-state index contributed by atoms with van der Waals surface area (Å²) in [5.74, 6) is 0.169. The lowest BCUT2D eigenvalue weighted by Crippen LogP contribution is -2.45. The molecule has 0 spiro atoms. The molecule has 3 nitrogen and oxygen atoms in total. The molecule has 0 amide bonds. The van der Waals surface area contributed by atoms with Crippen LogP contribution in [0, 0.1) is 0 Å². The molecule has 1 heterocycles. The van der Waals surface area contributed by atoms with E-state index in [1.165, 1.54) is 24.8 Å². The second-order valence-corrected chi connectivity index (χ2v) is 5.92. The van der Waals surface area contributed by atoms with E-state index in [0.29, 0.717) is 11.1 Å². The van der Waals surface area contributed by atoms with Gasteiger partial charge in [-0.2, -0.15) is 0 Å². The summed E-state index contributed by atoms with van der Waals surface area (Å²) in [5, 5.41) is 13.5. The Balaban J connectivity index is 0.00000220. The largest absolute Gasteiger partial charge is 0.506 e. The Morgan fingerprint density at radius 2 is 1.91 bits per heavy atom. The fraction of sp³-hybridized carbons (Fsp3) is 0.625. The standard InChI is InChI=1S/C16H25ClN2O.2ClH/c1-2-3-4-5-15(19-10-8-18-9-11-19)13-6-7-16(20)14(17)12-13;;/h6-7,12,15,18,20H,2-5,8-11H2,1H3;2*1H/t15-;;/m1../s1. The molecule has 1 aliphatic rings. The topological polar surface area (TPSA) is 35.5 Å². The average Bonchev–Trinajstić information content (AvgIpc) is 2.48. The molecule has 1 aromatic rings. The number of nitrogens with zero attached hydrogens (tertiary/aromatic N) is 1. The molecule has 1 atom stereocenters. The average molecular weight is 370 g/mol. The number of hydrogen-bond acceptors (Lipinski definition) is 3. The van der Waals surface area contributed by atoms with Crippen molar-refractivity contribution in [3.05, 3.63) is 28.8 Å². The number of unbranched alkanes of at least 4 members (excludes halogenated alkanes) is 2. The van der Waals surface area contributed by atoms with E-state index in [-0.39, 0.29) is 30.6 Å². The molecule has 128 valence electrons. The second kappa shape index (κ2) is 11.4. The summed E-state index contributed by atoms with van der Waals surface area (Å²) in [6.45, 7) is 6.49. The van der Waals surface area contributed by atoms with Crippen LogP contribution in [0.1, 0.15) is 44.2 Å². The number of hydrogen-bond donors (Lipinski definition) is 2. The molecule has 6 heteroatoms. The summed E-state index contributed by atoms with van der Waals surface area (Å²) < 4.78 is 0. The SMILES string of the molecule is CCCCC[C@H](c1ccc(O)c(Cl)c1)N1CCNCC1.Cl.Cl. The van der Waals surface area contributed by atoms with Gasteiger partial charge in [-0.05, 0) is 24.1 Å². The highest BCUT2D eigenvalue weighted by Crippen LogP contribution is 2.32. The number of rotatable bonds is 6. The van der Waals surface area contributed by atoms with Gasteiger partial charge in [0.2, 0.25) is 0 Å². The van der Waals surface area contributed by atoms with Gasteiger partial charge in [-0.1, -0.05) is 43.9 Å². The van der Waals surface area contributed by atoms with Gasteiger partial charge in [0.15, 0.2) is 0 Å². The van der Waals surface area contributed by atoms with Crippen molar-refractivity contribution in [2.24, 2.45) is 0 Å². The highest BCUT2D eigenvalue weighted by atomic mass is 35.5. The van der Waals surface area contributed by atoms with Gasteiger partial charge in [0.1, 0.15) is 5.75 Å². The lowest BCUT2D eigenvalue weighted by Gasteiger charge is -2.35. The molecule has 0 unspecified atom stereocenters. The number of halogens is 3. The van der Waals surface area contributed by atoms with E-state index in [1.54, 1.807) is 6.07 Å². The molecule has 1 saturated heterocycles. The van der Waals surface area contributed by atoms with E-state index < -0.39 is 0 Å². The van der Waals surface area contributed by atoms with Crippen molar-refractivity contribution in [3.63, 3.8) is 0 Å². The molecule has 0 aromatic heterocycles. The normalized spacial score (nSPS) is 16.5. The molecule has 0 aliphatic carbocycles. The Hall–Kier alpha value is -0.190. The van der Waals surface area contributed by atoms with Gasteiger partial charge >= 0.3 is 0 Å². The number of phenolic OH excluding ortho intramolecular Hbond substituents is 1. The summed E-state index contributed by atoms with van der Waals surface area (Å²) in [6, 6.07) is 6.07. The first-order chi connectivity index (χ1) is 9.72. The zero-order valence-electron chi connectivity index (χ0n) is 13.1. The van der Waals surface area contributed by atoms with E-state index in [0.717, 1.165) is 32.6 Å². The minimum Gasteiger partial charge on any atom is -0.506 e. The van der Waals surface area contributed by atoms with E-state index in [2.05, 4.69) is 17.1 Å². The molecule has 1 aromatic carbocycles. The third-order valence-corrected chi connectivity index (χ3v) is 4.33. The van der Waals surface area contributed by atoms with Crippen molar-refractivity contribution in [1.29, 1.82) is 0 Å². The van der Waals surface area contributed by atoms with Gasteiger partial charge in [-0.15, -0.1) is 24.8 Å². The molecule has 1 aliphatic heterocycles. The minimum atomic E-state index is 0. The first kappa shape index (κ1) is 21.8. The predicted molar refractivity (Wildman–Crippen MR) is 98.9 cm³/mol. The van der Waals surface area contributed by atoms with Crippen LogP contribution in [0.25, 0.3) is 0 Å². The molecular weight excluding hydrogens is 343 g/mol. The molecular formula is C16H27Cl3N2O. The number of nitrogens with one attached hydrogen (secondary N) is 1. The van der Waals surface area contributed by atoms with Crippen LogP contribution in [0.3, 0.4) is 0 Å². The molecule has 0 bridgehead atoms. The number of piperazine rings is 1. The molecule has 1 fully saturated rings. The summed E-state index contributed by atoms with van der Waals surface area (Å²) in [5.41, 5.74) is 1.23. The second-order valence-electron chi connectivity index (χ2n) is 5.51. The Morgan fingerprint density at radius 1 is 1.23 bits per heavy atom. The zero-order chi connectivity index (χ0) is 14.4. The highest BCUT2D eigenvalue weighted by Gasteiger charge is 2.22. The van der Waals surface area contributed by atoms with Crippen LogP contribution < -0.4 is 5.32 Å². The highest BCUT2D eigenvalue weighted by molar-refractivity contribution is 6.32. The maximum Gasteiger partial charge on any atom is 0.134 e. The van der Waals surface area contributed by atoms with Crippen molar-refractivity contribution in [1.82, 2.24) is 10.2 Å². The maximum absolute atomic E-state index is 9.59. The van der Waals surface area contributed by atoms with Crippen LogP contribution in [0.5, 0.6) is 5.75 Å². The van der Waals surface area contributed by atoms with Crippen LogP contribution in [0.4, 0.5) is 0 Å². The van der Waals surface area contributed by atoms with Crippen LogP contribution in [0.2, 0.25) is 5.02 Å². The first-order valence-corrected chi connectivity index (χ1v) is 8.03. The van der Waals surface area contributed by atoms with Gasteiger partial charge in [0.25, 0.3) is 0 Å². The van der Waals surface area contributed by atoms with Gasteiger partial charge in [-0.25, -0.2) is 0 Å². The maximum atomic E-state index is 9.59. The lowest BCUT2D eigenvalue weighted by molar-refractivity contribution is 0.162. The smallest absolute Gasteiger partial charge is 0.134 e. The summed E-state index contributed by atoms with van der Waals surface area (Å²) in [7, 11) is 0. The first-order valence-electron chi connectivity index (χ1n) is 7.65. The zero-order valence-corrected chi connectivity index (χ0v) is 15.4. The molecule has 2 rings (SSSR count). The minimum absolute atomic E-state index is 0. The quantitative estimate of drug-likeness (QED) is 0.729. The van der Waals surface area contributed by atoms with Crippen molar-refractivity contribution in [2.75, 3.05) is 26.2 Å². The van der Waals surface area contributed by atoms with E-state index in [4.69, 9.17) is 11.6 Å². The third kappa shape index (κ3) is 6.13. The third-order valence-electron chi connectivity index (χ3n) is 4.03. The number of aromatic hydroxyl groups is 1. The van der Waals surface area contributed by atoms with E-state index in [1.807, 2.05) is 12.1 Å². The molecule has 22 heavy (non-hydrogen) atoms. The summed E-state index contributed by atoms with van der Waals surface area (Å²) in [4.78, 5) is 2.54. The lowest BCUT2D eigenvalue weighted by atomic mass is 9.98. The Kier molecular flexibility index (Phi) is 11.3. The van der Waals surface area contributed by atoms with Gasteiger partial charge in [-0.3, -0.25) is 4.90 Å². The molecule has 0 radical (unpaired) electrons. The van der Waals surface area contributed by atoms with Crippen LogP contribution >= 0.6 is 36.4 Å². The van der Waals surface area contributed by atoms with Gasteiger partial charge < -0.3 is 10.4 Å². The summed E-state index contributed by atoms with van der Waals surface area (Å²) in [6.07, 6.45) is 4.91. The molecule has 0 saturated carbocycles. The fourth-order valence-electron chi connectivity index (χ4n) is 2.87. The van der Waals surface area contributed by atoms with E-state index >= 15 is 0 Å². The van der Waals surface area contributed by atoms with Crippen LogP contribution in [0.15, 0.2) is 18.2 Å². The van der Waals surface area contributed by atoms with Crippen molar-refractivity contribution in [2.45, 2.75) is 38.6 Å². The van der Waals surface area contributed by atoms with E-state index in [9.17, 15) is 5.11 Å². The van der Waals surface area contributed by atoms with Crippen molar-refractivity contribution >= 4 is 36.4 Å². The number of phenols is 1.